The third-order valence-corrected chi connectivity index (χ3v) is 4.16. The van der Waals surface area contributed by atoms with Crippen molar-refractivity contribution >= 4 is 17.9 Å². The van der Waals surface area contributed by atoms with E-state index in [1.165, 1.54) is 24.3 Å². The van der Waals surface area contributed by atoms with Crippen LogP contribution < -0.4 is 5.32 Å². The van der Waals surface area contributed by atoms with E-state index in [1.807, 2.05) is 18.7 Å². The second-order valence-electron chi connectivity index (χ2n) is 6.78. The summed E-state index contributed by atoms with van der Waals surface area (Å²) in [4.78, 5) is 27.7. The van der Waals surface area contributed by atoms with Gasteiger partial charge in [0.1, 0.15) is 0 Å². The molecule has 0 unspecified atom stereocenters. The van der Waals surface area contributed by atoms with Crippen LogP contribution in [0.4, 0.5) is 13.2 Å². The Bertz CT molecular complexity index is 676. The first-order valence-corrected chi connectivity index (χ1v) is 8.81. The van der Waals surface area contributed by atoms with Gasteiger partial charge in [-0.1, -0.05) is 12.1 Å². The molecule has 1 aromatic carbocycles. The number of nitrogens with one attached hydrogen (secondary N) is 1. The smallest absolute Gasteiger partial charge is 0.353 e. The fourth-order valence-corrected chi connectivity index (χ4v) is 2.75. The van der Waals surface area contributed by atoms with E-state index in [4.69, 9.17) is 0 Å². The van der Waals surface area contributed by atoms with Crippen molar-refractivity contribution in [2.75, 3.05) is 32.7 Å². The van der Waals surface area contributed by atoms with Crippen molar-refractivity contribution in [2.24, 2.45) is 0 Å². The van der Waals surface area contributed by atoms with Crippen LogP contribution in [0.2, 0.25) is 0 Å². The van der Waals surface area contributed by atoms with E-state index in [0.717, 1.165) is 12.1 Å². The Morgan fingerprint density at radius 3 is 2.22 bits per heavy atom. The Kier molecular flexibility index (Phi) is 7.01. The predicted molar refractivity (Wildman–Crippen MR) is 96.8 cm³/mol. The molecule has 0 bridgehead atoms. The standard InChI is InChI=1S/C19H24F3N3O2/c1-14(2)23-17(26)13-24-9-11-25(12-10-24)18(27)8-5-15-3-6-16(7-4-15)19(20,21)22/h3-8,14H,9-13H2,1-2H3,(H,23,26)/b8-5+. The van der Waals surface area contributed by atoms with E-state index in [-0.39, 0.29) is 17.9 Å². The van der Waals surface area contributed by atoms with Gasteiger partial charge in [-0.15, -0.1) is 0 Å². The minimum Gasteiger partial charge on any atom is -0.353 e. The van der Waals surface area contributed by atoms with Gasteiger partial charge in [-0.3, -0.25) is 14.5 Å². The highest BCUT2D eigenvalue weighted by molar-refractivity contribution is 5.91. The predicted octanol–water partition coefficient (Wildman–Crippen LogP) is 2.39. The first-order chi connectivity index (χ1) is 12.6. The molecule has 1 N–H and O–H groups in total. The number of hydrogen-bond acceptors (Lipinski definition) is 3. The van der Waals surface area contributed by atoms with Crippen LogP contribution in [0.5, 0.6) is 0 Å². The van der Waals surface area contributed by atoms with Gasteiger partial charge >= 0.3 is 6.18 Å². The van der Waals surface area contributed by atoms with Crippen molar-refractivity contribution in [1.82, 2.24) is 15.1 Å². The SMILES string of the molecule is CC(C)NC(=O)CN1CCN(C(=O)/C=C/c2ccc(C(F)(F)F)cc2)CC1. The molecule has 0 atom stereocenters. The number of rotatable bonds is 5. The molecule has 0 spiro atoms. The summed E-state index contributed by atoms with van der Waals surface area (Å²) in [7, 11) is 0. The van der Waals surface area contributed by atoms with Crippen LogP contribution >= 0.6 is 0 Å². The molecule has 2 rings (SSSR count). The zero-order valence-corrected chi connectivity index (χ0v) is 15.4. The van der Waals surface area contributed by atoms with Crippen LogP contribution in [0.25, 0.3) is 6.08 Å². The molecule has 1 aliphatic heterocycles. The third kappa shape index (κ3) is 6.71. The normalized spacial score (nSPS) is 16.1. The number of nitrogens with zero attached hydrogens (tertiary/aromatic N) is 2. The highest BCUT2D eigenvalue weighted by Gasteiger charge is 2.29. The highest BCUT2D eigenvalue weighted by atomic mass is 19.4. The Morgan fingerprint density at radius 2 is 1.70 bits per heavy atom. The van der Waals surface area contributed by atoms with E-state index in [2.05, 4.69) is 5.32 Å². The molecule has 8 heteroatoms. The monoisotopic (exact) mass is 383 g/mol. The van der Waals surface area contributed by atoms with E-state index < -0.39 is 11.7 Å². The maximum Gasteiger partial charge on any atom is 0.416 e. The van der Waals surface area contributed by atoms with Gasteiger partial charge in [0.25, 0.3) is 0 Å². The lowest BCUT2D eigenvalue weighted by molar-refractivity contribution is -0.137. The molecule has 0 saturated carbocycles. The molecule has 148 valence electrons. The summed E-state index contributed by atoms with van der Waals surface area (Å²) < 4.78 is 37.6. The van der Waals surface area contributed by atoms with E-state index in [0.29, 0.717) is 38.3 Å². The molecule has 1 saturated heterocycles. The molecule has 0 aromatic heterocycles. The molecule has 1 aromatic rings. The third-order valence-electron chi connectivity index (χ3n) is 4.16. The fourth-order valence-electron chi connectivity index (χ4n) is 2.75. The number of amides is 2. The Labute approximate surface area is 156 Å². The van der Waals surface area contributed by atoms with E-state index in [1.54, 1.807) is 4.90 Å². The summed E-state index contributed by atoms with van der Waals surface area (Å²) in [6.07, 6.45) is -1.50. The van der Waals surface area contributed by atoms with E-state index >= 15 is 0 Å². The zero-order valence-electron chi connectivity index (χ0n) is 15.4. The van der Waals surface area contributed by atoms with Crippen LogP contribution in [-0.2, 0) is 15.8 Å². The fraction of sp³-hybridized carbons (Fsp3) is 0.474. The lowest BCUT2D eigenvalue weighted by Gasteiger charge is -2.33. The Hall–Kier alpha value is -2.35. The average Bonchev–Trinajstić information content (AvgIpc) is 2.59. The maximum atomic E-state index is 12.5. The van der Waals surface area contributed by atoms with E-state index in [9.17, 15) is 22.8 Å². The molecule has 1 heterocycles. The van der Waals surface area contributed by atoms with Crippen molar-refractivity contribution in [1.29, 1.82) is 0 Å². The van der Waals surface area contributed by atoms with Gasteiger partial charge in [0.15, 0.2) is 0 Å². The lowest BCUT2D eigenvalue weighted by atomic mass is 10.1. The molecule has 2 amide bonds. The van der Waals surface area contributed by atoms with Gasteiger partial charge in [-0.05, 0) is 37.6 Å². The summed E-state index contributed by atoms with van der Waals surface area (Å²) >= 11 is 0. The Morgan fingerprint density at radius 1 is 1.11 bits per heavy atom. The summed E-state index contributed by atoms with van der Waals surface area (Å²) in [6, 6.07) is 4.74. The van der Waals surface area contributed by atoms with Crippen molar-refractivity contribution in [2.45, 2.75) is 26.1 Å². The molecule has 5 nitrogen and oxygen atoms in total. The van der Waals surface area contributed by atoms with Gasteiger partial charge in [-0.25, -0.2) is 0 Å². The average molecular weight is 383 g/mol. The molecule has 27 heavy (non-hydrogen) atoms. The first kappa shape index (κ1) is 21.0. The van der Waals surface area contributed by atoms with Crippen molar-refractivity contribution < 1.29 is 22.8 Å². The topological polar surface area (TPSA) is 52.7 Å². The first-order valence-electron chi connectivity index (χ1n) is 8.81. The second kappa shape index (κ2) is 9.03. The number of halogens is 3. The number of carbonyl (C=O) groups is 2. The molecule has 1 aliphatic rings. The van der Waals surface area contributed by atoms with Crippen molar-refractivity contribution in [3.63, 3.8) is 0 Å². The molecule has 1 fully saturated rings. The van der Waals surface area contributed by atoms with Gasteiger partial charge in [-0.2, -0.15) is 13.2 Å². The number of piperazine rings is 1. The summed E-state index contributed by atoms with van der Waals surface area (Å²) in [6.45, 7) is 6.32. The lowest BCUT2D eigenvalue weighted by Crippen LogP contribution is -2.51. The minimum absolute atomic E-state index is 0.0352. The van der Waals surface area contributed by atoms with Crippen LogP contribution in [0.3, 0.4) is 0 Å². The summed E-state index contributed by atoms with van der Waals surface area (Å²) in [5, 5.41) is 2.83. The summed E-state index contributed by atoms with van der Waals surface area (Å²) in [5.41, 5.74) is -0.191. The largest absolute Gasteiger partial charge is 0.416 e. The van der Waals surface area contributed by atoms with Crippen LogP contribution in [0, 0.1) is 0 Å². The van der Waals surface area contributed by atoms with Gasteiger partial charge in [0, 0.05) is 38.3 Å². The highest BCUT2D eigenvalue weighted by Crippen LogP contribution is 2.29. The molecular formula is C19H24F3N3O2. The summed E-state index contributed by atoms with van der Waals surface area (Å²) in [5.74, 6) is -0.229. The number of carbonyl (C=O) groups excluding carboxylic acids is 2. The molecule has 0 radical (unpaired) electrons. The quantitative estimate of drug-likeness (QED) is 0.795. The number of hydrogen-bond donors (Lipinski definition) is 1. The second-order valence-corrected chi connectivity index (χ2v) is 6.78. The van der Waals surface area contributed by atoms with Gasteiger partial charge in [0.05, 0.1) is 12.1 Å². The maximum absolute atomic E-state index is 12.5. The van der Waals surface area contributed by atoms with Gasteiger partial charge < -0.3 is 10.2 Å². The zero-order chi connectivity index (χ0) is 20.0. The Balaban J connectivity index is 1.82. The van der Waals surface area contributed by atoms with Crippen molar-refractivity contribution in [3.05, 3.63) is 41.5 Å². The molecular weight excluding hydrogens is 359 g/mol. The number of benzene rings is 1. The van der Waals surface area contributed by atoms with Gasteiger partial charge in [0.2, 0.25) is 11.8 Å². The number of alkyl halides is 3. The van der Waals surface area contributed by atoms with Crippen LogP contribution in [0.1, 0.15) is 25.0 Å². The van der Waals surface area contributed by atoms with Crippen LogP contribution in [0.15, 0.2) is 30.3 Å². The molecule has 0 aliphatic carbocycles. The van der Waals surface area contributed by atoms with Crippen LogP contribution in [-0.4, -0.2) is 60.4 Å². The minimum atomic E-state index is -4.37. The van der Waals surface area contributed by atoms with Crippen molar-refractivity contribution in [3.8, 4) is 0 Å².